The number of ether oxygens (including phenoxy) is 1. The van der Waals surface area contributed by atoms with Crippen LogP contribution in [0.3, 0.4) is 0 Å². The summed E-state index contributed by atoms with van der Waals surface area (Å²) in [4.78, 5) is 13.7. The van der Waals surface area contributed by atoms with Crippen LogP contribution in [-0.2, 0) is 9.53 Å². The molecule has 0 aliphatic heterocycles. The van der Waals surface area contributed by atoms with Crippen molar-refractivity contribution in [1.29, 1.82) is 0 Å². The van der Waals surface area contributed by atoms with Crippen molar-refractivity contribution in [3.63, 3.8) is 0 Å². The van der Waals surface area contributed by atoms with E-state index < -0.39 is 0 Å². The Morgan fingerprint density at radius 3 is 2.60 bits per heavy atom. The highest BCUT2D eigenvalue weighted by atomic mass is 79.9. The van der Waals surface area contributed by atoms with Crippen LogP contribution in [0.1, 0.15) is 33.1 Å². The predicted molar refractivity (Wildman–Crippen MR) is 66.4 cm³/mol. The normalized spacial score (nSPS) is 12.5. The molecule has 0 saturated carbocycles. The van der Waals surface area contributed by atoms with Crippen LogP contribution in [0.25, 0.3) is 0 Å². The Bertz CT molecular complexity index is 176. The molecule has 0 aliphatic rings. The summed E-state index contributed by atoms with van der Waals surface area (Å²) in [7, 11) is 1.67. The number of unbranched alkanes of at least 4 members (excludes halogenated alkanes) is 1. The largest absolute Gasteiger partial charge is 0.383 e. The first-order valence-corrected chi connectivity index (χ1v) is 6.63. The van der Waals surface area contributed by atoms with Crippen molar-refractivity contribution in [2.24, 2.45) is 0 Å². The fourth-order valence-electron chi connectivity index (χ4n) is 1.58. The second-order valence-corrected chi connectivity index (χ2v) is 4.42. The van der Waals surface area contributed by atoms with E-state index in [2.05, 4.69) is 15.9 Å². The summed E-state index contributed by atoms with van der Waals surface area (Å²) in [6.45, 7) is 5.40. The van der Waals surface area contributed by atoms with Gasteiger partial charge in [-0.25, -0.2) is 0 Å². The smallest absolute Gasteiger partial charge is 0.222 e. The molecule has 0 fully saturated rings. The molecule has 0 aliphatic carbocycles. The van der Waals surface area contributed by atoms with Crippen LogP contribution >= 0.6 is 15.9 Å². The maximum atomic E-state index is 11.8. The molecule has 0 aromatic carbocycles. The van der Waals surface area contributed by atoms with E-state index in [1.54, 1.807) is 7.11 Å². The SMILES string of the molecule is CCN(C(=O)CCCCBr)C(C)COC. The second-order valence-electron chi connectivity index (χ2n) is 3.63. The average Bonchev–Trinajstić information content (AvgIpc) is 2.19. The summed E-state index contributed by atoms with van der Waals surface area (Å²) in [5, 5.41) is 0.972. The van der Waals surface area contributed by atoms with E-state index in [1.165, 1.54) is 0 Å². The number of hydrogen-bond donors (Lipinski definition) is 0. The van der Waals surface area contributed by atoms with Crippen LogP contribution in [0.15, 0.2) is 0 Å². The van der Waals surface area contributed by atoms with Crippen molar-refractivity contribution in [3.8, 4) is 0 Å². The van der Waals surface area contributed by atoms with Gasteiger partial charge in [-0.3, -0.25) is 4.79 Å². The number of halogens is 1. The topological polar surface area (TPSA) is 29.5 Å². The number of methoxy groups -OCH3 is 1. The second kappa shape index (κ2) is 9.16. The highest BCUT2D eigenvalue weighted by molar-refractivity contribution is 9.09. The van der Waals surface area contributed by atoms with Crippen molar-refractivity contribution in [2.75, 3.05) is 25.6 Å². The Kier molecular flexibility index (Phi) is 9.10. The average molecular weight is 280 g/mol. The van der Waals surface area contributed by atoms with Gasteiger partial charge in [0.05, 0.1) is 12.6 Å². The van der Waals surface area contributed by atoms with E-state index in [9.17, 15) is 4.79 Å². The van der Waals surface area contributed by atoms with Gasteiger partial charge in [0.2, 0.25) is 5.91 Å². The van der Waals surface area contributed by atoms with E-state index in [4.69, 9.17) is 4.74 Å². The molecule has 0 bridgehead atoms. The van der Waals surface area contributed by atoms with E-state index in [0.717, 1.165) is 24.7 Å². The third kappa shape index (κ3) is 6.15. The highest BCUT2D eigenvalue weighted by Crippen LogP contribution is 2.06. The fraction of sp³-hybridized carbons (Fsp3) is 0.909. The lowest BCUT2D eigenvalue weighted by Gasteiger charge is -2.27. The lowest BCUT2D eigenvalue weighted by Crippen LogP contribution is -2.40. The summed E-state index contributed by atoms with van der Waals surface area (Å²) >= 11 is 3.36. The van der Waals surface area contributed by atoms with Gasteiger partial charge in [-0.05, 0) is 26.7 Å². The highest BCUT2D eigenvalue weighted by Gasteiger charge is 2.17. The molecule has 0 rings (SSSR count). The van der Waals surface area contributed by atoms with Crippen LogP contribution in [0.5, 0.6) is 0 Å². The standard InChI is InChI=1S/C11H22BrNO2/c1-4-13(10(2)9-15-3)11(14)7-5-6-8-12/h10H,4-9H2,1-3H3. The number of likely N-dealkylation sites (N-methyl/N-ethyl adjacent to an activating group) is 1. The Balaban J connectivity index is 3.97. The van der Waals surface area contributed by atoms with Crippen molar-refractivity contribution in [3.05, 3.63) is 0 Å². The van der Waals surface area contributed by atoms with Gasteiger partial charge in [-0.15, -0.1) is 0 Å². The van der Waals surface area contributed by atoms with Gasteiger partial charge < -0.3 is 9.64 Å². The molecule has 1 amide bonds. The van der Waals surface area contributed by atoms with Gasteiger partial charge in [0, 0.05) is 25.4 Å². The first-order chi connectivity index (χ1) is 7.17. The molecule has 1 unspecified atom stereocenters. The molecule has 0 radical (unpaired) electrons. The van der Waals surface area contributed by atoms with Crippen molar-refractivity contribution >= 4 is 21.8 Å². The van der Waals surface area contributed by atoms with E-state index in [0.29, 0.717) is 13.0 Å². The van der Waals surface area contributed by atoms with Crippen molar-refractivity contribution in [2.45, 2.75) is 39.2 Å². The molecule has 0 spiro atoms. The Morgan fingerprint density at radius 2 is 2.13 bits per heavy atom. The maximum Gasteiger partial charge on any atom is 0.222 e. The van der Waals surface area contributed by atoms with E-state index in [-0.39, 0.29) is 11.9 Å². The zero-order chi connectivity index (χ0) is 11.7. The lowest BCUT2D eigenvalue weighted by atomic mass is 10.2. The summed E-state index contributed by atoms with van der Waals surface area (Å²) in [6.07, 6.45) is 2.66. The third-order valence-corrected chi connectivity index (χ3v) is 2.94. The molecule has 0 aromatic rings. The monoisotopic (exact) mass is 279 g/mol. The molecule has 1 atom stereocenters. The molecule has 0 aromatic heterocycles. The Hall–Kier alpha value is -0.0900. The van der Waals surface area contributed by atoms with Crippen molar-refractivity contribution in [1.82, 2.24) is 4.90 Å². The number of nitrogens with zero attached hydrogens (tertiary/aromatic N) is 1. The first-order valence-electron chi connectivity index (χ1n) is 5.51. The number of rotatable bonds is 8. The number of carbonyl (C=O) groups is 1. The van der Waals surface area contributed by atoms with Gasteiger partial charge in [0.15, 0.2) is 0 Å². The van der Waals surface area contributed by atoms with E-state index >= 15 is 0 Å². The number of carbonyl (C=O) groups excluding carboxylic acids is 1. The minimum atomic E-state index is 0.177. The zero-order valence-corrected chi connectivity index (χ0v) is 11.5. The third-order valence-electron chi connectivity index (χ3n) is 2.38. The minimum absolute atomic E-state index is 0.177. The van der Waals surface area contributed by atoms with Crippen LogP contribution in [0.4, 0.5) is 0 Å². The summed E-state index contributed by atoms with van der Waals surface area (Å²) in [6, 6.07) is 0.177. The van der Waals surface area contributed by atoms with Crippen LogP contribution < -0.4 is 0 Å². The van der Waals surface area contributed by atoms with Crippen LogP contribution in [0, 0.1) is 0 Å². The summed E-state index contributed by atoms with van der Waals surface area (Å²) in [5.74, 6) is 0.239. The fourth-order valence-corrected chi connectivity index (χ4v) is 1.98. The lowest BCUT2D eigenvalue weighted by molar-refractivity contribution is -0.134. The molecule has 4 heteroatoms. The molecule has 3 nitrogen and oxygen atoms in total. The molecule has 0 N–H and O–H groups in total. The molecule has 15 heavy (non-hydrogen) atoms. The molecule has 0 heterocycles. The summed E-state index contributed by atoms with van der Waals surface area (Å²) < 4.78 is 5.06. The van der Waals surface area contributed by atoms with Crippen molar-refractivity contribution < 1.29 is 9.53 Å². The molecule has 90 valence electrons. The molecule has 0 saturated heterocycles. The van der Waals surface area contributed by atoms with Gasteiger partial charge >= 0.3 is 0 Å². The quantitative estimate of drug-likeness (QED) is 0.505. The number of hydrogen-bond acceptors (Lipinski definition) is 2. The Morgan fingerprint density at radius 1 is 1.47 bits per heavy atom. The predicted octanol–water partition coefficient (Wildman–Crippen LogP) is 2.44. The van der Waals surface area contributed by atoms with Gasteiger partial charge in [0.1, 0.15) is 0 Å². The minimum Gasteiger partial charge on any atom is -0.383 e. The number of amides is 1. The Labute approximate surface area is 101 Å². The zero-order valence-electron chi connectivity index (χ0n) is 9.96. The molecular weight excluding hydrogens is 258 g/mol. The number of alkyl halides is 1. The van der Waals surface area contributed by atoms with E-state index in [1.807, 2.05) is 18.7 Å². The van der Waals surface area contributed by atoms with Gasteiger partial charge in [0.25, 0.3) is 0 Å². The van der Waals surface area contributed by atoms with Crippen LogP contribution in [0.2, 0.25) is 0 Å². The first kappa shape index (κ1) is 14.9. The van der Waals surface area contributed by atoms with Gasteiger partial charge in [-0.2, -0.15) is 0 Å². The summed E-state index contributed by atoms with van der Waals surface area (Å²) in [5.41, 5.74) is 0. The van der Waals surface area contributed by atoms with Crippen LogP contribution in [-0.4, -0.2) is 42.4 Å². The maximum absolute atomic E-state index is 11.8. The molecular formula is C11H22BrNO2. The van der Waals surface area contributed by atoms with Gasteiger partial charge in [-0.1, -0.05) is 15.9 Å².